The minimum atomic E-state index is 0.566. The van der Waals surface area contributed by atoms with Crippen molar-refractivity contribution in [2.75, 3.05) is 0 Å². The maximum atomic E-state index is 4.91. The highest BCUT2D eigenvalue weighted by molar-refractivity contribution is 5.87. The van der Waals surface area contributed by atoms with Crippen LogP contribution in [0.5, 0.6) is 0 Å². The zero-order valence-electron chi connectivity index (χ0n) is 13.6. The molecule has 1 nitrogen and oxygen atoms in total. The van der Waals surface area contributed by atoms with Crippen LogP contribution in [-0.2, 0) is 0 Å². The summed E-state index contributed by atoms with van der Waals surface area (Å²) in [6.45, 7) is 14.9. The summed E-state index contributed by atoms with van der Waals surface area (Å²) in [7, 11) is 0. The van der Waals surface area contributed by atoms with E-state index in [4.69, 9.17) is 4.99 Å². The second kappa shape index (κ2) is 5.55. The van der Waals surface area contributed by atoms with Crippen LogP contribution in [0.25, 0.3) is 5.57 Å². The summed E-state index contributed by atoms with van der Waals surface area (Å²) >= 11 is 0. The van der Waals surface area contributed by atoms with Crippen LogP contribution in [0.1, 0.15) is 63.1 Å². The molecule has 20 heavy (non-hydrogen) atoms. The predicted molar refractivity (Wildman–Crippen MR) is 90.0 cm³/mol. The molecule has 0 atom stereocenters. The summed E-state index contributed by atoms with van der Waals surface area (Å²) in [5, 5.41) is 0. The lowest BCUT2D eigenvalue weighted by Gasteiger charge is -2.14. The van der Waals surface area contributed by atoms with Gasteiger partial charge < -0.3 is 0 Å². The molecule has 1 aliphatic carbocycles. The van der Waals surface area contributed by atoms with Crippen molar-refractivity contribution in [3.8, 4) is 0 Å². The fourth-order valence-corrected chi connectivity index (χ4v) is 2.86. The van der Waals surface area contributed by atoms with E-state index in [0.29, 0.717) is 5.41 Å². The van der Waals surface area contributed by atoms with Crippen molar-refractivity contribution in [2.45, 2.75) is 60.3 Å². The lowest BCUT2D eigenvalue weighted by molar-refractivity contribution is 0.513. The summed E-state index contributed by atoms with van der Waals surface area (Å²) in [6, 6.07) is 4.42. The number of benzene rings is 1. The molecule has 0 aromatic heterocycles. The zero-order valence-corrected chi connectivity index (χ0v) is 13.6. The molecular weight excluding hydrogens is 242 g/mol. The van der Waals surface area contributed by atoms with Crippen molar-refractivity contribution >= 4 is 17.0 Å². The van der Waals surface area contributed by atoms with Gasteiger partial charge in [-0.1, -0.05) is 19.9 Å². The monoisotopic (exact) mass is 269 g/mol. The van der Waals surface area contributed by atoms with Gasteiger partial charge in [0, 0.05) is 11.3 Å². The Hall–Kier alpha value is -1.37. The van der Waals surface area contributed by atoms with Crippen LogP contribution in [0.3, 0.4) is 0 Å². The quantitative estimate of drug-likeness (QED) is 0.580. The average molecular weight is 269 g/mol. The van der Waals surface area contributed by atoms with Gasteiger partial charge in [-0.15, -0.1) is 0 Å². The third-order valence-electron chi connectivity index (χ3n) is 4.72. The number of rotatable bonds is 5. The Labute approximate surface area is 123 Å². The molecule has 0 N–H and O–H groups in total. The molecule has 0 radical (unpaired) electrons. The van der Waals surface area contributed by atoms with Gasteiger partial charge >= 0.3 is 0 Å². The third kappa shape index (κ3) is 3.20. The highest BCUT2D eigenvalue weighted by Crippen LogP contribution is 2.52. The van der Waals surface area contributed by atoms with Crippen molar-refractivity contribution < 1.29 is 0 Å². The summed E-state index contributed by atoms with van der Waals surface area (Å²) in [5.74, 6) is 0. The standard InChI is InChI=1S/C19H27N/c1-7-19(8-9-19)12-16(6)20-18-11-15(5)14(4)10-17(18)13(2)3/h10-11H,2,7-9,12H2,1,3-6H3. The van der Waals surface area contributed by atoms with Gasteiger partial charge in [-0.3, -0.25) is 4.99 Å². The van der Waals surface area contributed by atoms with Gasteiger partial charge in [0.25, 0.3) is 0 Å². The Morgan fingerprint density at radius 3 is 2.30 bits per heavy atom. The molecule has 108 valence electrons. The van der Waals surface area contributed by atoms with E-state index in [1.54, 1.807) is 0 Å². The summed E-state index contributed by atoms with van der Waals surface area (Å²) in [5.41, 5.74) is 7.81. The van der Waals surface area contributed by atoms with E-state index in [0.717, 1.165) is 17.7 Å². The summed E-state index contributed by atoms with van der Waals surface area (Å²) < 4.78 is 0. The fourth-order valence-electron chi connectivity index (χ4n) is 2.86. The molecule has 0 aliphatic heterocycles. The van der Waals surface area contributed by atoms with E-state index in [2.05, 4.69) is 53.3 Å². The van der Waals surface area contributed by atoms with E-state index in [9.17, 15) is 0 Å². The first-order valence-corrected chi connectivity index (χ1v) is 7.68. The lowest BCUT2D eigenvalue weighted by Crippen LogP contribution is -2.05. The van der Waals surface area contributed by atoms with Crippen molar-refractivity contribution in [3.63, 3.8) is 0 Å². The molecule has 0 bridgehead atoms. The first kappa shape index (κ1) is 15.0. The SMILES string of the molecule is C=C(C)c1cc(C)c(C)cc1N=C(C)CC1(CC)CC1. The Balaban J connectivity index is 2.32. The lowest BCUT2D eigenvalue weighted by atomic mass is 9.96. The van der Waals surface area contributed by atoms with E-state index in [-0.39, 0.29) is 0 Å². The highest BCUT2D eigenvalue weighted by Gasteiger charge is 2.40. The molecule has 1 aromatic rings. The van der Waals surface area contributed by atoms with Crippen LogP contribution in [0.4, 0.5) is 5.69 Å². The van der Waals surface area contributed by atoms with Gasteiger partial charge in [0.1, 0.15) is 0 Å². The second-order valence-electron chi connectivity index (χ2n) is 6.61. The van der Waals surface area contributed by atoms with Gasteiger partial charge in [-0.25, -0.2) is 0 Å². The van der Waals surface area contributed by atoms with E-state index >= 15 is 0 Å². The van der Waals surface area contributed by atoms with Crippen LogP contribution >= 0.6 is 0 Å². The minimum absolute atomic E-state index is 0.566. The zero-order chi connectivity index (χ0) is 14.9. The van der Waals surface area contributed by atoms with E-state index < -0.39 is 0 Å². The fraction of sp³-hybridized carbons (Fsp3) is 0.526. The Bertz CT molecular complexity index is 559. The molecule has 0 saturated heterocycles. The van der Waals surface area contributed by atoms with E-state index in [1.165, 1.54) is 41.7 Å². The highest BCUT2D eigenvalue weighted by atomic mass is 14.8. The largest absolute Gasteiger partial charge is 0.257 e. The van der Waals surface area contributed by atoms with Crippen LogP contribution in [-0.4, -0.2) is 5.71 Å². The molecular formula is C19H27N. The third-order valence-corrected chi connectivity index (χ3v) is 4.72. The maximum absolute atomic E-state index is 4.91. The molecule has 1 heteroatoms. The van der Waals surface area contributed by atoms with Crippen molar-refractivity contribution in [2.24, 2.45) is 10.4 Å². The number of nitrogens with zero attached hydrogens (tertiary/aromatic N) is 1. The van der Waals surface area contributed by atoms with Crippen molar-refractivity contribution in [1.29, 1.82) is 0 Å². The van der Waals surface area contributed by atoms with E-state index in [1.807, 2.05) is 0 Å². The Kier molecular flexibility index (Phi) is 4.17. The van der Waals surface area contributed by atoms with Crippen LogP contribution in [0.15, 0.2) is 23.7 Å². The molecule has 1 aliphatic rings. The Morgan fingerprint density at radius 2 is 1.80 bits per heavy atom. The summed E-state index contributed by atoms with van der Waals surface area (Å²) in [4.78, 5) is 4.91. The van der Waals surface area contributed by atoms with Gasteiger partial charge in [-0.2, -0.15) is 0 Å². The number of aryl methyl sites for hydroxylation is 2. The number of aliphatic imine (C=N–C) groups is 1. The van der Waals surface area contributed by atoms with Gasteiger partial charge in [0.05, 0.1) is 5.69 Å². The first-order chi connectivity index (χ1) is 9.37. The van der Waals surface area contributed by atoms with Gasteiger partial charge in [0.15, 0.2) is 0 Å². The predicted octanol–water partition coefficient (Wildman–Crippen LogP) is 6.01. The number of allylic oxidation sites excluding steroid dienone is 1. The van der Waals surface area contributed by atoms with Crippen LogP contribution in [0.2, 0.25) is 0 Å². The average Bonchev–Trinajstić information content (AvgIpc) is 3.13. The Morgan fingerprint density at radius 1 is 1.20 bits per heavy atom. The van der Waals surface area contributed by atoms with Crippen LogP contribution in [0, 0.1) is 19.3 Å². The molecule has 0 spiro atoms. The molecule has 2 rings (SSSR count). The topological polar surface area (TPSA) is 12.4 Å². The molecule has 1 saturated carbocycles. The number of hydrogen-bond donors (Lipinski definition) is 0. The van der Waals surface area contributed by atoms with Crippen molar-refractivity contribution in [3.05, 3.63) is 35.4 Å². The van der Waals surface area contributed by atoms with Crippen LogP contribution < -0.4 is 0 Å². The molecule has 1 aromatic carbocycles. The number of hydrogen-bond acceptors (Lipinski definition) is 1. The summed E-state index contributed by atoms with van der Waals surface area (Å²) in [6.07, 6.45) is 5.17. The smallest absolute Gasteiger partial charge is 0.0706 e. The first-order valence-electron chi connectivity index (χ1n) is 7.68. The van der Waals surface area contributed by atoms with Gasteiger partial charge in [-0.05, 0) is 81.2 Å². The maximum Gasteiger partial charge on any atom is 0.0706 e. The normalized spacial score (nSPS) is 17.1. The second-order valence-corrected chi connectivity index (χ2v) is 6.61. The molecule has 0 heterocycles. The minimum Gasteiger partial charge on any atom is -0.257 e. The molecule has 1 fully saturated rings. The molecule has 0 amide bonds. The van der Waals surface area contributed by atoms with Gasteiger partial charge in [0.2, 0.25) is 0 Å². The molecule has 0 unspecified atom stereocenters. The van der Waals surface area contributed by atoms with Crippen molar-refractivity contribution in [1.82, 2.24) is 0 Å².